The highest BCUT2D eigenvalue weighted by Gasteiger charge is 2.36. The van der Waals surface area contributed by atoms with Crippen molar-refractivity contribution in [1.29, 1.82) is 0 Å². The number of ether oxygens (including phenoxy) is 2. The predicted molar refractivity (Wildman–Crippen MR) is 101 cm³/mol. The summed E-state index contributed by atoms with van der Waals surface area (Å²) < 4.78 is 10.8. The van der Waals surface area contributed by atoms with Gasteiger partial charge in [0.25, 0.3) is 0 Å². The maximum absolute atomic E-state index is 12.7. The Morgan fingerprint density at radius 1 is 1.15 bits per heavy atom. The first-order valence-electron chi connectivity index (χ1n) is 9.37. The van der Waals surface area contributed by atoms with Gasteiger partial charge < -0.3 is 14.8 Å². The average molecular weight is 361 g/mol. The van der Waals surface area contributed by atoms with Crippen molar-refractivity contribution in [2.45, 2.75) is 78.0 Å². The molecule has 1 saturated carbocycles. The Morgan fingerprint density at radius 2 is 1.77 bits per heavy atom. The first-order chi connectivity index (χ1) is 12.2. The van der Waals surface area contributed by atoms with E-state index in [-0.39, 0.29) is 12.0 Å². The monoisotopic (exact) mass is 361 g/mol. The number of nitrogens with one attached hydrogen (secondary N) is 1. The number of alkyl carbamates (subject to hydrolysis) is 1. The van der Waals surface area contributed by atoms with Crippen LogP contribution < -0.4 is 5.32 Å². The van der Waals surface area contributed by atoms with Crippen LogP contribution in [0.25, 0.3) is 0 Å². The Balaban J connectivity index is 2.00. The fourth-order valence-corrected chi connectivity index (χ4v) is 3.40. The third-order valence-electron chi connectivity index (χ3n) is 4.71. The number of hydrogen-bond acceptors (Lipinski definition) is 4. The number of esters is 1. The maximum atomic E-state index is 12.7. The largest absolute Gasteiger partial charge is 0.459 e. The summed E-state index contributed by atoms with van der Waals surface area (Å²) in [6.45, 7) is 7.77. The number of hydrogen-bond donors (Lipinski definition) is 1. The minimum atomic E-state index is -0.698. The van der Waals surface area contributed by atoms with Crippen LogP contribution in [0.2, 0.25) is 0 Å². The lowest BCUT2D eigenvalue weighted by Gasteiger charge is -2.29. The Bertz CT molecular complexity index is 600. The van der Waals surface area contributed by atoms with Gasteiger partial charge in [-0.05, 0) is 51.0 Å². The van der Waals surface area contributed by atoms with Crippen LogP contribution in [0.4, 0.5) is 4.79 Å². The number of carbonyl (C=O) groups excluding carboxylic acids is 2. The van der Waals surface area contributed by atoms with Gasteiger partial charge in [-0.2, -0.15) is 0 Å². The lowest BCUT2D eigenvalue weighted by molar-refractivity contribution is -0.148. The van der Waals surface area contributed by atoms with Crippen LogP contribution in [-0.2, 0) is 20.9 Å². The second-order valence-corrected chi connectivity index (χ2v) is 8.51. The Hall–Kier alpha value is -2.04. The Labute approximate surface area is 156 Å². The summed E-state index contributed by atoms with van der Waals surface area (Å²) in [7, 11) is 0. The molecule has 2 rings (SSSR count). The van der Waals surface area contributed by atoms with Crippen molar-refractivity contribution in [2.75, 3.05) is 0 Å². The highest BCUT2D eigenvalue weighted by molar-refractivity contribution is 5.81. The molecular formula is C21H31NO4. The van der Waals surface area contributed by atoms with Crippen LogP contribution in [0.5, 0.6) is 0 Å². The number of amides is 1. The molecule has 1 fully saturated rings. The topological polar surface area (TPSA) is 64.6 Å². The normalized spacial score (nSPS) is 17.4. The molecule has 0 heterocycles. The molecule has 1 aromatic rings. The molecule has 26 heavy (non-hydrogen) atoms. The van der Waals surface area contributed by atoms with Gasteiger partial charge in [0.2, 0.25) is 0 Å². The van der Waals surface area contributed by atoms with E-state index in [0.717, 1.165) is 31.2 Å². The van der Waals surface area contributed by atoms with Crippen molar-refractivity contribution >= 4 is 12.1 Å². The summed E-state index contributed by atoms with van der Waals surface area (Å²) in [6, 6.07) is 8.83. The summed E-state index contributed by atoms with van der Waals surface area (Å²) in [5.74, 6) is -0.409. The van der Waals surface area contributed by atoms with E-state index in [1.54, 1.807) is 20.8 Å². The fraction of sp³-hybridized carbons (Fsp3) is 0.619. The highest BCUT2D eigenvalue weighted by atomic mass is 16.6. The van der Waals surface area contributed by atoms with Crippen molar-refractivity contribution in [2.24, 2.45) is 5.41 Å². The SMILES string of the molecule is CC1(C[C@H](NC(=O)OC(C)(C)C)C(=O)OCc2ccccc2)CCCC1. The molecule has 0 aliphatic heterocycles. The number of benzene rings is 1. The number of rotatable bonds is 6. The molecule has 0 saturated heterocycles. The second-order valence-electron chi connectivity index (χ2n) is 8.51. The predicted octanol–water partition coefficient (Wildman–Crippen LogP) is 4.59. The first-order valence-corrected chi connectivity index (χ1v) is 9.37. The smallest absolute Gasteiger partial charge is 0.408 e. The van der Waals surface area contributed by atoms with Gasteiger partial charge in [-0.25, -0.2) is 9.59 Å². The third-order valence-corrected chi connectivity index (χ3v) is 4.71. The van der Waals surface area contributed by atoms with Gasteiger partial charge in [-0.15, -0.1) is 0 Å². The van der Waals surface area contributed by atoms with E-state index >= 15 is 0 Å². The molecular weight excluding hydrogens is 330 g/mol. The van der Waals surface area contributed by atoms with Crippen LogP contribution in [-0.4, -0.2) is 23.7 Å². The first kappa shape index (κ1) is 20.3. The van der Waals surface area contributed by atoms with Crippen molar-refractivity contribution in [1.82, 2.24) is 5.32 Å². The highest BCUT2D eigenvalue weighted by Crippen LogP contribution is 2.41. The summed E-state index contributed by atoms with van der Waals surface area (Å²) in [5, 5.41) is 2.73. The minimum absolute atomic E-state index is 0.0471. The molecule has 5 heteroatoms. The van der Waals surface area contributed by atoms with E-state index in [1.165, 1.54) is 0 Å². The zero-order valence-corrected chi connectivity index (χ0v) is 16.3. The summed E-state index contributed by atoms with van der Waals surface area (Å²) in [5.41, 5.74) is 0.356. The van der Waals surface area contributed by atoms with E-state index in [9.17, 15) is 9.59 Å². The molecule has 0 aromatic heterocycles. The Morgan fingerprint density at radius 3 is 2.35 bits per heavy atom. The van der Waals surface area contributed by atoms with Gasteiger partial charge in [0.1, 0.15) is 18.2 Å². The summed E-state index contributed by atoms with van der Waals surface area (Å²) in [4.78, 5) is 24.8. The average Bonchev–Trinajstić information content (AvgIpc) is 2.97. The van der Waals surface area contributed by atoms with E-state index in [2.05, 4.69) is 12.2 Å². The molecule has 0 bridgehead atoms. The third kappa shape index (κ3) is 6.70. The molecule has 1 aliphatic rings. The molecule has 1 atom stereocenters. The quantitative estimate of drug-likeness (QED) is 0.753. The molecule has 0 unspecified atom stereocenters. The molecule has 0 spiro atoms. The van der Waals surface area contributed by atoms with Gasteiger partial charge in [-0.1, -0.05) is 50.1 Å². The van der Waals surface area contributed by atoms with Crippen molar-refractivity contribution in [3.8, 4) is 0 Å². The van der Waals surface area contributed by atoms with E-state index in [1.807, 2.05) is 30.3 Å². The van der Waals surface area contributed by atoms with Crippen molar-refractivity contribution < 1.29 is 19.1 Å². The summed E-state index contributed by atoms with van der Waals surface area (Å²) >= 11 is 0. The van der Waals surface area contributed by atoms with E-state index in [0.29, 0.717) is 6.42 Å². The maximum Gasteiger partial charge on any atom is 0.408 e. The molecule has 1 aliphatic carbocycles. The Kier molecular flexibility index (Phi) is 6.68. The molecule has 1 amide bonds. The lowest BCUT2D eigenvalue weighted by atomic mass is 9.82. The van der Waals surface area contributed by atoms with Crippen LogP contribution in [0.3, 0.4) is 0 Å². The zero-order valence-electron chi connectivity index (χ0n) is 16.3. The van der Waals surface area contributed by atoms with Crippen LogP contribution >= 0.6 is 0 Å². The number of carbonyl (C=O) groups is 2. The second kappa shape index (κ2) is 8.56. The van der Waals surface area contributed by atoms with Crippen molar-refractivity contribution in [3.63, 3.8) is 0 Å². The van der Waals surface area contributed by atoms with Gasteiger partial charge in [0.15, 0.2) is 0 Å². The van der Waals surface area contributed by atoms with Gasteiger partial charge in [0.05, 0.1) is 0 Å². The van der Waals surface area contributed by atoms with E-state index in [4.69, 9.17) is 9.47 Å². The van der Waals surface area contributed by atoms with Crippen LogP contribution in [0.15, 0.2) is 30.3 Å². The van der Waals surface area contributed by atoms with Gasteiger partial charge >= 0.3 is 12.1 Å². The summed E-state index contributed by atoms with van der Waals surface area (Å²) in [6.07, 6.45) is 4.43. The molecule has 144 valence electrons. The molecule has 5 nitrogen and oxygen atoms in total. The lowest BCUT2D eigenvalue weighted by Crippen LogP contribution is -2.46. The van der Waals surface area contributed by atoms with Crippen LogP contribution in [0, 0.1) is 5.41 Å². The zero-order chi connectivity index (χ0) is 19.2. The van der Waals surface area contributed by atoms with Gasteiger partial charge in [-0.3, -0.25) is 0 Å². The fourth-order valence-electron chi connectivity index (χ4n) is 3.40. The van der Waals surface area contributed by atoms with Gasteiger partial charge in [0, 0.05) is 0 Å². The molecule has 1 N–H and O–H groups in total. The molecule has 1 aromatic carbocycles. The van der Waals surface area contributed by atoms with E-state index < -0.39 is 23.7 Å². The minimum Gasteiger partial charge on any atom is -0.459 e. The molecule has 0 radical (unpaired) electrons. The standard InChI is InChI=1S/C21H31NO4/c1-20(2,3)26-19(24)22-17(14-21(4)12-8-9-13-21)18(23)25-15-16-10-6-5-7-11-16/h5-7,10-11,17H,8-9,12-15H2,1-4H3,(H,22,24)/t17-/m0/s1. The van der Waals surface area contributed by atoms with Crippen LogP contribution in [0.1, 0.15) is 65.4 Å². The van der Waals surface area contributed by atoms with Crippen molar-refractivity contribution in [3.05, 3.63) is 35.9 Å².